The maximum absolute atomic E-state index is 14.2. The van der Waals surface area contributed by atoms with E-state index >= 15 is 0 Å². The molecule has 0 amide bonds. The molecule has 0 saturated carbocycles. The maximum Gasteiger partial charge on any atom is 0.305 e. The van der Waals surface area contributed by atoms with Crippen LogP contribution in [-0.4, -0.2) is 30.4 Å². The largest absolute Gasteiger partial charge is 0.433 e. The molecule has 1 aliphatic rings. The Bertz CT molecular complexity index is 478. The average Bonchev–Trinajstić information content (AvgIpc) is 2.67. The highest BCUT2D eigenvalue weighted by Crippen LogP contribution is 2.40. The van der Waals surface area contributed by atoms with Crippen molar-refractivity contribution in [1.29, 1.82) is 0 Å². The zero-order valence-corrected chi connectivity index (χ0v) is 11.9. The summed E-state index contributed by atoms with van der Waals surface area (Å²) in [6, 6.07) is 8.95. The van der Waals surface area contributed by atoms with E-state index in [1.807, 2.05) is 6.07 Å². The second kappa shape index (κ2) is 6.49. The molecule has 1 heterocycles. The summed E-state index contributed by atoms with van der Waals surface area (Å²) in [6.45, 7) is 2.73. The van der Waals surface area contributed by atoms with Gasteiger partial charge in [-0.25, -0.2) is 8.78 Å². The molecule has 4 nitrogen and oxygen atoms in total. The van der Waals surface area contributed by atoms with Crippen LogP contribution >= 0.6 is 0 Å². The fraction of sp³-hybridized carbons (Fsp3) is 0.533. The molecular weight excluding hydrogens is 282 g/mol. The van der Waals surface area contributed by atoms with E-state index in [1.54, 1.807) is 31.2 Å². The summed E-state index contributed by atoms with van der Waals surface area (Å²) in [5.74, 6) is -3.88. The molecule has 0 N–H and O–H groups in total. The van der Waals surface area contributed by atoms with Crippen molar-refractivity contribution in [3.8, 4) is 0 Å². The Balaban J connectivity index is 2.09. The topological polar surface area (TPSA) is 44.8 Å². The minimum atomic E-state index is -3.20. The quantitative estimate of drug-likeness (QED) is 0.784. The van der Waals surface area contributed by atoms with Gasteiger partial charge in [-0.3, -0.25) is 4.79 Å². The first-order valence-electron chi connectivity index (χ1n) is 6.81. The summed E-state index contributed by atoms with van der Waals surface area (Å²) < 4.78 is 43.7. The van der Waals surface area contributed by atoms with E-state index in [-0.39, 0.29) is 13.0 Å². The lowest BCUT2D eigenvalue weighted by molar-refractivity contribution is -0.196. The minimum absolute atomic E-state index is 0.00133. The van der Waals surface area contributed by atoms with Crippen LogP contribution in [0.3, 0.4) is 0 Å². The van der Waals surface area contributed by atoms with Gasteiger partial charge in [-0.15, -0.1) is 0 Å². The summed E-state index contributed by atoms with van der Waals surface area (Å²) in [6.07, 6.45) is -4.20. The summed E-state index contributed by atoms with van der Waals surface area (Å²) in [7, 11) is 0. The predicted octanol–water partition coefficient (Wildman–Crippen LogP) is 2.91. The number of rotatable bonds is 5. The van der Waals surface area contributed by atoms with Crippen LogP contribution < -0.4 is 0 Å². The molecule has 0 radical (unpaired) electrons. The first-order valence-corrected chi connectivity index (χ1v) is 6.81. The third-order valence-corrected chi connectivity index (χ3v) is 3.28. The Kier molecular flexibility index (Phi) is 4.90. The summed E-state index contributed by atoms with van der Waals surface area (Å²) in [5.41, 5.74) is 0.759. The van der Waals surface area contributed by atoms with Gasteiger partial charge in [0.15, 0.2) is 6.10 Å². The molecule has 1 aliphatic heterocycles. The fourth-order valence-corrected chi connectivity index (χ4v) is 2.26. The number of carbonyl (C=O) groups is 1. The lowest BCUT2D eigenvalue weighted by Gasteiger charge is -2.23. The van der Waals surface area contributed by atoms with E-state index < -0.39 is 30.4 Å². The van der Waals surface area contributed by atoms with Gasteiger partial charge in [-0.05, 0) is 12.0 Å². The van der Waals surface area contributed by atoms with E-state index in [0.29, 0.717) is 0 Å². The Labute approximate surface area is 122 Å². The SMILES string of the molecule is CC[C@H]1OC(OC(C)=O)[C@H](OCc2ccccc2)C1(F)F. The first kappa shape index (κ1) is 15.9. The van der Waals surface area contributed by atoms with Crippen LogP contribution in [0.5, 0.6) is 0 Å². The van der Waals surface area contributed by atoms with Crippen LogP contribution in [0.15, 0.2) is 30.3 Å². The lowest BCUT2D eigenvalue weighted by atomic mass is 10.1. The second-order valence-corrected chi connectivity index (χ2v) is 4.90. The number of alkyl halides is 2. The van der Waals surface area contributed by atoms with Crippen LogP contribution in [0.25, 0.3) is 0 Å². The molecule has 1 fully saturated rings. The standard InChI is InChI=1S/C15H18F2O4/c1-3-12-15(16,17)13(14(21-12)20-10(2)18)19-9-11-7-5-4-6-8-11/h4-8,12-14H,3,9H2,1-2H3/t12-,13+,14?/m1/s1. The van der Waals surface area contributed by atoms with Crippen molar-refractivity contribution in [2.24, 2.45) is 0 Å². The van der Waals surface area contributed by atoms with E-state index in [2.05, 4.69) is 0 Å². The highest BCUT2D eigenvalue weighted by Gasteiger charge is 2.60. The molecule has 116 valence electrons. The van der Waals surface area contributed by atoms with Crippen LogP contribution in [-0.2, 0) is 25.6 Å². The van der Waals surface area contributed by atoms with E-state index in [1.165, 1.54) is 0 Å². The maximum atomic E-state index is 14.2. The number of benzene rings is 1. The van der Waals surface area contributed by atoms with Gasteiger partial charge in [-0.1, -0.05) is 37.3 Å². The Morgan fingerprint density at radius 2 is 2.00 bits per heavy atom. The van der Waals surface area contributed by atoms with Gasteiger partial charge in [0, 0.05) is 6.92 Å². The monoisotopic (exact) mass is 300 g/mol. The average molecular weight is 300 g/mol. The van der Waals surface area contributed by atoms with Crippen molar-refractivity contribution in [2.45, 2.75) is 51.3 Å². The molecule has 1 aromatic rings. The highest BCUT2D eigenvalue weighted by atomic mass is 19.3. The minimum Gasteiger partial charge on any atom is -0.433 e. The Hall–Kier alpha value is -1.53. The number of carbonyl (C=O) groups excluding carboxylic acids is 1. The summed E-state index contributed by atoms with van der Waals surface area (Å²) >= 11 is 0. The molecular formula is C15H18F2O4. The van der Waals surface area contributed by atoms with Crippen molar-refractivity contribution >= 4 is 5.97 Å². The molecule has 1 unspecified atom stereocenters. The molecule has 6 heteroatoms. The number of halogens is 2. The zero-order chi connectivity index (χ0) is 15.5. The molecule has 3 atom stereocenters. The summed E-state index contributed by atoms with van der Waals surface area (Å²) in [5, 5.41) is 0. The van der Waals surface area contributed by atoms with E-state index in [9.17, 15) is 13.6 Å². The van der Waals surface area contributed by atoms with E-state index in [4.69, 9.17) is 14.2 Å². The van der Waals surface area contributed by atoms with Crippen LogP contribution in [0, 0.1) is 0 Å². The van der Waals surface area contributed by atoms with Crippen molar-refractivity contribution in [2.75, 3.05) is 0 Å². The lowest BCUT2D eigenvalue weighted by Crippen LogP contribution is -2.42. The molecule has 2 rings (SSSR count). The Morgan fingerprint density at radius 1 is 1.33 bits per heavy atom. The fourth-order valence-electron chi connectivity index (χ4n) is 2.26. The number of hydrogen-bond acceptors (Lipinski definition) is 4. The van der Waals surface area contributed by atoms with Crippen molar-refractivity contribution in [3.63, 3.8) is 0 Å². The van der Waals surface area contributed by atoms with Crippen molar-refractivity contribution in [3.05, 3.63) is 35.9 Å². The van der Waals surface area contributed by atoms with Gasteiger partial charge >= 0.3 is 11.9 Å². The van der Waals surface area contributed by atoms with Gasteiger partial charge in [0.05, 0.1) is 6.61 Å². The Morgan fingerprint density at radius 3 is 2.57 bits per heavy atom. The van der Waals surface area contributed by atoms with Gasteiger partial charge in [0.1, 0.15) is 6.10 Å². The van der Waals surface area contributed by atoms with Crippen molar-refractivity contribution < 1.29 is 27.8 Å². The second-order valence-electron chi connectivity index (χ2n) is 4.90. The first-order chi connectivity index (χ1) is 9.95. The number of hydrogen-bond donors (Lipinski definition) is 0. The normalized spacial score (nSPS) is 27.5. The number of ether oxygens (including phenoxy) is 3. The third-order valence-electron chi connectivity index (χ3n) is 3.28. The molecule has 0 bridgehead atoms. The van der Waals surface area contributed by atoms with Gasteiger partial charge in [0.25, 0.3) is 0 Å². The van der Waals surface area contributed by atoms with Crippen molar-refractivity contribution in [1.82, 2.24) is 0 Å². The van der Waals surface area contributed by atoms with Gasteiger partial charge < -0.3 is 14.2 Å². The third kappa shape index (κ3) is 3.57. The molecule has 1 aromatic carbocycles. The zero-order valence-electron chi connectivity index (χ0n) is 11.9. The smallest absolute Gasteiger partial charge is 0.305 e. The summed E-state index contributed by atoms with van der Waals surface area (Å²) in [4.78, 5) is 11.0. The molecule has 21 heavy (non-hydrogen) atoms. The molecule has 1 saturated heterocycles. The van der Waals surface area contributed by atoms with Crippen LogP contribution in [0.1, 0.15) is 25.8 Å². The molecule has 0 spiro atoms. The predicted molar refractivity (Wildman–Crippen MR) is 70.7 cm³/mol. The van der Waals surface area contributed by atoms with Gasteiger partial charge in [-0.2, -0.15) is 0 Å². The van der Waals surface area contributed by atoms with Crippen LogP contribution in [0.2, 0.25) is 0 Å². The highest BCUT2D eigenvalue weighted by molar-refractivity contribution is 5.66. The number of esters is 1. The van der Waals surface area contributed by atoms with Crippen LogP contribution in [0.4, 0.5) is 8.78 Å². The van der Waals surface area contributed by atoms with Gasteiger partial charge in [0.2, 0.25) is 6.29 Å². The molecule has 0 aromatic heterocycles. The van der Waals surface area contributed by atoms with E-state index in [0.717, 1.165) is 12.5 Å². The molecule has 0 aliphatic carbocycles.